The van der Waals surface area contributed by atoms with Crippen LogP contribution in [0.15, 0.2) is 12.5 Å². The van der Waals surface area contributed by atoms with Crippen molar-refractivity contribution in [1.82, 2.24) is 20.2 Å². The lowest BCUT2D eigenvalue weighted by Gasteiger charge is -2.20. The maximum Gasteiger partial charge on any atom is 0.323 e. The Morgan fingerprint density at radius 3 is 2.95 bits per heavy atom. The lowest BCUT2D eigenvalue weighted by atomic mass is 10.3. The Morgan fingerprint density at radius 1 is 1.58 bits per heavy atom. The molecule has 0 aromatic carbocycles. The Balaban J connectivity index is 2.35. The fourth-order valence-electron chi connectivity index (χ4n) is 1.45. The van der Waals surface area contributed by atoms with Crippen molar-refractivity contribution in [2.24, 2.45) is 0 Å². The molecule has 8 nitrogen and oxygen atoms in total. The first kappa shape index (κ1) is 15.0. The molecule has 1 rings (SSSR count). The van der Waals surface area contributed by atoms with Gasteiger partial charge >= 0.3 is 12.0 Å². The number of ether oxygens (including phenoxy) is 1. The zero-order valence-corrected chi connectivity index (χ0v) is 10.8. The van der Waals surface area contributed by atoms with E-state index in [1.807, 2.05) is 0 Å². The number of H-pyrrole nitrogens is 1. The van der Waals surface area contributed by atoms with E-state index in [-0.39, 0.29) is 13.1 Å². The second-order valence-corrected chi connectivity index (χ2v) is 3.87. The topological polar surface area (TPSA) is 108 Å². The Bertz CT molecular complexity index is 393. The highest BCUT2D eigenvalue weighted by atomic mass is 16.5. The number of carboxylic acids is 1. The summed E-state index contributed by atoms with van der Waals surface area (Å²) in [7, 11) is 1.50. The van der Waals surface area contributed by atoms with E-state index in [2.05, 4.69) is 15.3 Å². The van der Waals surface area contributed by atoms with Crippen LogP contribution in [0.3, 0.4) is 0 Å². The molecule has 0 aliphatic carbocycles. The van der Waals surface area contributed by atoms with Gasteiger partial charge in [-0.25, -0.2) is 9.78 Å². The molecular weight excluding hydrogens is 252 g/mol. The zero-order valence-electron chi connectivity index (χ0n) is 10.8. The quantitative estimate of drug-likeness (QED) is 0.601. The summed E-state index contributed by atoms with van der Waals surface area (Å²) in [6, 6.07) is -0.418. The zero-order chi connectivity index (χ0) is 14.1. The van der Waals surface area contributed by atoms with Gasteiger partial charge in [-0.1, -0.05) is 0 Å². The average Bonchev–Trinajstić information content (AvgIpc) is 2.87. The van der Waals surface area contributed by atoms with Crippen LogP contribution < -0.4 is 5.32 Å². The number of aromatic amines is 1. The molecule has 2 amide bonds. The number of methoxy groups -OCH3 is 1. The third kappa shape index (κ3) is 5.87. The van der Waals surface area contributed by atoms with Crippen molar-refractivity contribution in [2.45, 2.75) is 6.42 Å². The number of amides is 2. The summed E-state index contributed by atoms with van der Waals surface area (Å²) >= 11 is 0. The highest BCUT2D eigenvalue weighted by Crippen LogP contribution is 1.93. The van der Waals surface area contributed by atoms with Crippen LogP contribution >= 0.6 is 0 Å². The van der Waals surface area contributed by atoms with E-state index in [0.717, 1.165) is 5.69 Å². The number of nitrogens with zero attached hydrogens (tertiary/aromatic N) is 2. The van der Waals surface area contributed by atoms with Crippen LogP contribution in [0.25, 0.3) is 0 Å². The van der Waals surface area contributed by atoms with E-state index in [0.29, 0.717) is 19.6 Å². The largest absolute Gasteiger partial charge is 0.480 e. The van der Waals surface area contributed by atoms with Crippen LogP contribution in [0, 0.1) is 0 Å². The predicted molar refractivity (Wildman–Crippen MR) is 66.8 cm³/mol. The van der Waals surface area contributed by atoms with E-state index < -0.39 is 12.0 Å². The highest BCUT2D eigenvalue weighted by Gasteiger charge is 2.15. The van der Waals surface area contributed by atoms with Gasteiger partial charge in [0.05, 0.1) is 12.9 Å². The van der Waals surface area contributed by atoms with Crippen LogP contribution in [-0.2, 0) is 16.0 Å². The molecule has 0 fully saturated rings. The first-order valence-corrected chi connectivity index (χ1v) is 5.84. The van der Waals surface area contributed by atoms with Gasteiger partial charge in [-0.2, -0.15) is 0 Å². The molecule has 1 aromatic rings. The first-order valence-electron chi connectivity index (χ1n) is 5.84. The van der Waals surface area contributed by atoms with Crippen LogP contribution in [-0.4, -0.2) is 65.3 Å². The number of hydrogen-bond acceptors (Lipinski definition) is 4. The van der Waals surface area contributed by atoms with Gasteiger partial charge in [-0.05, 0) is 0 Å². The predicted octanol–water partition coefficient (Wildman–Crippen LogP) is -0.305. The molecule has 0 aliphatic heterocycles. The number of carbonyl (C=O) groups excluding carboxylic acids is 1. The summed E-state index contributed by atoms with van der Waals surface area (Å²) in [6.45, 7) is 0.587. The van der Waals surface area contributed by atoms with E-state index in [9.17, 15) is 9.59 Å². The summed E-state index contributed by atoms with van der Waals surface area (Å²) in [5.74, 6) is -1.06. The number of hydrogen-bond donors (Lipinski definition) is 3. The van der Waals surface area contributed by atoms with Crippen LogP contribution in [0.2, 0.25) is 0 Å². The van der Waals surface area contributed by atoms with Crippen molar-refractivity contribution >= 4 is 12.0 Å². The van der Waals surface area contributed by atoms with Crippen LogP contribution in [0.4, 0.5) is 4.79 Å². The number of aromatic nitrogens is 2. The minimum absolute atomic E-state index is 0.235. The third-order valence-electron chi connectivity index (χ3n) is 2.40. The van der Waals surface area contributed by atoms with E-state index >= 15 is 0 Å². The van der Waals surface area contributed by atoms with Gasteiger partial charge in [0.25, 0.3) is 0 Å². The molecular formula is C11H18N4O4. The van der Waals surface area contributed by atoms with Crippen molar-refractivity contribution in [3.05, 3.63) is 18.2 Å². The molecule has 0 spiro atoms. The van der Waals surface area contributed by atoms with Gasteiger partial charge in [0.15, 0.2) is 0 Å². The van der Waals surface area contributed by atoms with Gasteiger partial charge in [-0.3, -0.25) is 4.79 Å². The number of imidazole rings is 1. The molecule has 1 aromatic heterocycles. The number of urea groups is 1. The molecule has 0 unspecified atom stereocenters. The monoisotopic (exact) mass is 270 g/mol. The highest BCUT2D eigenvalue weighted by molar-refractivity contribution is 5.80. The molecule has 0 saturated heterocycles. The molecule has 8 heteroatoms. The van der Waals surface area contributed by atoms with Gasteiger partial charge in [0.2, 0.25) is 0 Å². The Morgan fingerprint density at radius 2 is 2.37 bits per heavy atom. The van der Waals surface area contributed by atoms with Crippen molar-refractivity contribution in [3.8, 4) is 0 Å². The molecule has 0 saturated carbocycles. The lowest BCUT2D eigenvalue weighted by Crippen LogP contribution is -2.44. The summed E-state index contributed by atoms with van der Waals surface area (Å²) in [4.78, 5) is 30.4. The molecule has 106 valence electrons. The maximum absolute atomic E-state index is 11.8. The molecule has 19 heavy (non-hydrogen) atoms. The van der Waals surface area contributed by atoms with Gasteiger partial charge < -0.3 is 25.0 Å². The average molecular weight is 270 g/mol. The van der Waals surface area contributed by atoms with Crippen molar-refractivity contribution in [1.29, 1.82) is 0 Å². The smallest absolute Gasteiger partial charge is 0.323 e. The van der Waals surface area contributed by atoms with Gasteiger partial charge in [-0.15, -0.1) is 0 Å². The van der Waals surface area contributed by atoms with Crippen LogP contribution in [0.5, 0.6) is 0 Å². The minimum Gasteiger partial charge on any atom is -0.480 e. The first-order chi connectivity index (χ1) is 9.13. The standard InChI is InChI=1S/C11H18N4O4/c1-19-5-4-15(7-10(16)17)11(18)13-3-2-9-6-12-8-14-9/h6,8H,2-5,7H2,1H3,(H,12,14)(H,13,18)(H,16,17). The number of nitrogens with one attached hydrogen (secondary N) is 2. The number of rotatable bonds is 8. The summed E-state index contributed by atoms with van der Waals surface area (Å²) in [5.41, 5.74) is 0.905. The SMILES string of the molecule is COCCN(CC(=O)O)C(=O)NCCc1cnc[nH]1. The van der Waals surface area contributed by atoms with Gasteiger partial charge in [0, 0.05) is 38.5 Å². The van der Waals surface area contributed by atoms with Gasteiger partial charge in [0.1, 0.15) is 6.54 Å². The fraction of sp³-hybridized carbons (Fsp3) is 0.545. The summed E-state index contributed by atoms with van der Waals surface area (Å²) < 4.78 is 4.84. The lowest BCUT2D eigenvalue weighted by molar-refractivity contribution is -0.137. The summed E-state index contributed by atoms with van der Waals surface area (Å²) in [5, 5.41) is 11.4. The second-order valence-electron chi connectivity index (χ2n) is 3.87. The third-order valence-corrected chi connectivity index (χ3v) is 2.40. The Labute approximate surface area is 110 Å². The molecule has 0 atom stereocenters. The molecule has 0 bridgehead atoms. The Kier molecular flexibility index (Phi) is 6.37. The minimum atomic E-state index is -1.06. The molecule has 1 heterocycles. The second kappa shape index (κ2) is 8.09. The number of carboxylic acid groups (broad SMARTS) is 1. The number of carbonyl (C=O) groups is 2. The summed E-state index contributed by atoms with van der Waals surface area (Å²) in [6.07, 6.45) is 3.84. The normalized spacial score (nSPS) is 10.2. The van der Waals surface area contributed by atoms with E-state index in [1.54, 1.807) is 12.5 Å². The van der Waals surface area contributed by atoms with Crippen molar-refractivity contribution in [3.63, 3.8) is 0 Å². The van der Waals surface area contributed by atoms with E-state index in [4.69, 9.17) is 9.84 Å². The Hall–Kier alpha value is -2.09. The molecule has 3 N–H and O–H groups in total. The molecule has 0 radical (unpaired) electrons. The van der Waals surface area contributed by atoms with Crippen molar-refractivity contribution < 1.29 is 19.4 Å². The maximum atomic E-state index is 11.8. The van der Waals surface area contributed by atoms with Crippen LogP contribution in [0.1, 0.15) is 5.69 Å². The van der Waals surface area contributed by atoms with E-state index in [1.165, 1.54) is 12.0 Å². The van der Waals surface area contributed by atoms with Crippen molar-refractivity contribution in [2.75, 3.05) is 33.4 Å². The number of aliphatic carboxylic acids is 1. The fourth-order valence-corrected chi connectivity index (χ4v) is 1.45. The molecule has 0 aliphatic rings.